The summed E-state index contributed by atoms with van der Waals surface area (Å²) in [4.78, 5) is 12.1. The molecule has 0 saturated heterocycles. The van der Waals surface area contributed by atoms with Crippen molar-refractivity contribution in [3.8, 4) is 0 Å². The van der Waals surface area contributed by atoms with Gasteiger partial charge in [0.15, 0.2) is 5.78 Å². The predicted molar refractivity (Wildman–Crippen MR) is 60.5 cm³/mol. The number of hydrogen-bond acceptors (Lipinski definition) is 1. The molecule has 0 N–H and O–H groups in total. The molecule has 0 aromatic heterocycles. The third-order valence-corrected chi connectivity index (χ3v) is 6.68. The van der Waals surface area contributed by atoms with E-state index in [4.69, 9.17) is 0 Å². The van der Waals surface area contributed by atoms with E-state index in [1.54, 1.807) is 0 Å². The number of hydrogen-bond donors (Lipinski definition) is 0. The Labute approximate surface area is 95.9 Å². The van der Waals surface area contributed by atoms with Gasteiger partial charge in [-0.3, -0.25) is 4.79 Å². The molecule has 0 unspecified atom stereocenters. The molecule has 3 heteroatoms. The molecule has 2 aliphatic carbocycles. The normalized spacial score (nSPS) is 54.6. The zero-order chi connectivity index (χ0) is 9.85. The summed E-state index contributed by atoms with van der Waals surface area (Å²) in [5, 5.41) is 0.939. The van der Waals surface area contributed by atoms with Gasteiger partial charge < -0.3 is 0 Å². The highest BCUT2D eigenvalue weighted by Crippen LogP contribution is 2.65. The van der Waals surface area contributed by atoms with Gasteiger partial charge in [-0.1, -0.05) is 45.7 Å². The van der Waals surface area contributed by atoms with Crippen LogP contribution in [0.15, 0.2) is 0 Å². The first kappa shape index (κ1) is 10.2. The highest BCUT2D eigenvalue weighted by molar-refractivity contribution is 9.10. The number of halogens is 2. The van der Waals surface area contributed by atoms with Gasteiger partial charge in [0.05, 0.1) is 4.83 Å². The molecular weight excluding hydrogens is 296 g/mol. The Kier molecular flexibility index (Phi) is 2.20. The zero-order valence-electron chi connectivity index (χ0n) is 7.94. The highest BCUT2D eigenvalue weighted by atomic mass is 79.9. The highest BCUT2D eigenvalue weighted by Gasteiger charge is 2.67. The molecule has 0 aromatic carbocycles. The first-order valence-electron chi connectivity index (χ1n) is 4.72. The number of ketones is 1. The number of carbonyl (C=O) groups is 1. The molecule has 2 bridgehead atoms. The van der Waals surface area contributed by atoms with Crippen molar-refractivity contribution in [1.82, 2.24) is 0 Å². The fraction of sp³-hybridized carbons (Fsp3) is 0.900. The lowest BCUT2D eigenvalue weighted by Gasteiger charge is -2.34. The summed E-state index contributed by atoms with van der Waals surface area (Å²) in [5.74, 6) is 0.954. The summed E-state index contributed by atoms with van der Waals surface area (Å²) < 4.78 is 0. The molecule has 2 aliphatic rings. The third kappa shape index (κ3) is 0.956. The van der Waals surface area contributed by atoms with E-state index >= 15 is 0 Å². The van der Waals surface area contributed by atoms with Crippen LogP contribution in [0.5, 0.6) is 0 Å². The summed E-state index contributed by atoms with van der Waals surface area (Å²) >= 11 is 7.11. The summed E-state index contributed by atoms with van der Waals surface area (Å²) in [6, 6.07) is 0. The van der Waals surface area contributed by atoms with Gasteiger partial charge in [-0.2, -0.15) is 0 Å². The summed E-state index contributed by atoms with van der Waals surface area (Å²) in [7, 11) is 0. The number of Topliss-reactive ketones (excluding diaryl/α,β-unsaturated/α-hetero) is 1. The van der Waals surface area contributed by atoms with Crippen LogP contribution in [0, 0.1) is 16.7 Å². The molecular formula is C10H14Br2O. The summed E-state index contributed by atoms with van der Waals surface area (Å²) in [6.45, 7) is 4.39. The average Bonchev–Trinajstić information content (AvgIpc) is 2.44. The van der Waals surface area contributed by atoms with Gasteiger partial charge in [-0.05, 0) is 24.2 Å². The van der Waals surface area contributed by atoms with E-state index in [2.05, 4.69) is 45.7 Å². The van der Waals surface area contributed by atoms with Crippen molar-refractivity contribution in [2.24, 2.45) is 16.7 Å². The lowest BCUT2D eigenvalue weighted by Crippen LogP contribution is -2.36. The quantitative estimate of drug-likeness (QED) is 0.680. The minimum Gasteiger partial charge on any atom is -0.298 e. The molecule has 2 saturated carbocycles. The van der Waals surface area contributed by atoms with Crippen molar-refractivity contribution in [2.75, 3.05) is 5.33 Å². The van der Waals surface area contributed by atoms with Crippen LogP contribution in [0.2, 0.25) is 0 Å². The van der Waals surface area contributed by atoms with Crippen molar-refractivity contribution in [1.29, 1.82) is 0 Å². The van der Waals surface area contributed by atoms with E-state index < -0.39 is 0 Å². The van der Waals surface area contributed by atoms with Crippen LogP contribution >= 0.6 is 31.9 Å². The van der Waals surface area contributed by atoms with Crippen molar-refractivity contribution < 1.29 is 4.79 Å². The second-order valence-corrected chi connectivity index (χ2v) is 6.34. The van der Waals surface area contributed by atoms with Gasteiger partial charge in [0.25, 0.3) is 0 Å². The maximum absolute atomic E-state index is 12.0. The molecule has 13 heavy (non-hydrogen) atoms. The van der Waals surface area contributed by atoms with Crippen LogP contribution in [-0.4, -0.2) is 15.9 Å². The molecule has 0 spiro atoms. The molecule has 0 radical (unpaired) electrons. The first-order valence-corrected chi connectivity index (χ1v) is 6.75. The Bertz CT molecular complexity index is 266. The number of carbonyl (C=O) groups excluding carboxylic acids is 1. The second kappa shape index (κ2) is 2.82. The van der Waals surface area contributed by atoms with Crippen LogP contribution in [0.25, 0.3) is 0 Å². The van der Waals surface area contributed by atoms with E-state index in [1.165, 1.54) is 6.42 Å². The predicted octanol–water partition coefficient (Wildman–Crippen LogP) is 3.15. The molecule has 2 fully saturated rings. The lowest BCUT2D eigenvalue weighted by molar-refractivity contribution is -0.127. The van der Waals surface area contributed by atoms with Gasteiger partial charge in [0.2, 0.25) is 0 Å². The van der Waals surface area contributed by atoms with E-state index in [1.807, 2.05) is 0 Å². The fourth-order valence-corrected chi connectivity index (χ4v) is 5.45. The van der Waals surface area contributed by atoms with Crippen molar-refractivity contribution in [3.05, 3.63) is 0 Å². The van der Waals surface area contributed by atoms with Gasteiger partial charge in [0, 0.05) is 10.7 Å². The minimum atomic E-state index is -0.0880. The topological polar surface area (TPSA) is 17.1 Å². The summed E-state index contributed by atoms with van der Waals surface area (Å²) in [5.41, 5.74) is 0.0770. The first-order chi connectivity index (χ1) is 5.97. The standard InChI is InChI=1S/C10H14Br2O/c1-9-4-3-6(7(12)8(9)13)10(9,2)5-11/h6-7H,3-5H2,1-2H3/t6-,7+,9-,10+/m1/s1. The SMILES string of the molecule is C[C@]1(CBr)[C@@H]2CC[C@]1(C)C(=O)[C@H]2Br. The average molecular weight is 310 g/mol. The van der Waals surface area contributed by atoms with E-state index in [0.29, 0.717) is 11.7 Å². The summed E-state index contributed by atoms with van der Waals surface area (Å²) in [6.07, 6.45) is 2.26. The molecule has 0 aromatic rings. The van der Waals surface area contributed by atoms with E-state index in [0.717, 1.165) is 11.8 Å². The molecule has 1 nitrogen and oxygen atoms in total. The third-order valence-electron chi connectivity index (χ3n) is 4.46. The monoisotopic (exact) mass is 308 g/mol. The Morgan fingerprint density at radius 1 is 1.54 bits per heavy atom. The zero-order valence-corrected chi connectivity index (χ0v) is 11.1. The fourth-order valence-electron chi connectivity index (χ4n) is 3.07. The van der Waals surface area contributed by atoms with Crippen molar-refractivity contribution in [2.45, 2.75) is 31.5 Å². The second-order valence-electron chi connectivity index (χ2n) is 4.79. The molecule has 0 heterocycles. The van der Waals surface area contributed by atoms with E-state index in [9.17, 15) is 4.79 Å². The molecule has 0 aliphatic heterocycles. The van der Waals surface area contributed by atoms with Crippen molar-refractivity contribution >= 4 is 37.6 Å². The van der Waals surface area contributed by atoms with Gasteiger partial charge in [-0.25, -0.2) is 0 Å². The molecule has 2 rings (SSSR count). The smallest absolute Gasteiger partial charge is 0.153 e. The van der Waals surface area contributed by atoms with Crippen molar-refractivity contribution in [3.63, 3.8) is 0 Å². The van der Waals surface area contributed by atoms with Crippen LogP contribution in [0.1, 0.15) is 26.7 Å². The number of alkyl halides is 2. The number of fused-ring (bicyclic) bond motifs is 2. The number of rotatable bonds is 1. The largest absolute Gasteiger partial charge is 0.298 e. The minimum absolute atomic E-state index is 0.0880. The van der Waals surface area contributed by atoms with Crippen LogP contribution in [-0.2, 0) is 4.79 Å². The molecule has 0 amide bonds. The Morgan fingerprint density at radius 3 is 2.46 bits per heavy atom. The Balaban J connectivity index is 2.49. The Morgan fingerprint density at radius 2 is 2.15 bits per heavy atom. The van der Waals surface area contributed by atoms with Gasteiger partial charge in [-0.15, -0.1) is 0 Å². The maximum Gasteiger partial charge on any atom is 0.153 e. The van der Waals surface area contributed by atoms with Crippen LogP contribution in [0.3, 0.4) is 0 Å². The van der Waals surface area contributed by atoms with Gasteiger partial charge in [0.1, 0.15) is 0 Å². The lowest BCUT2D eigenvalue weighted by atomic mass is 9.70. The van der Waals surface area contributed by atoms with Gasteiger partial charge >= 0.3 is 0 Å². The van der Waals surface area contributed by atoms with Crippen LogP contribution in [0.4, 0.5) is 0 Å². The molecule has 74 valence electrons. The Hall–Kier alpha value is 0.630. The molecule has 4 atom stereocenters. The van der Waals surface area contributed by atoms with E-state index in [-0.39, 0.29) is 15.7 Å². The van der Waals surface area contributed by atoms with Crippen LogP contribution < -0.4 is 0 Å². The maximum atomic E-state index is 12.0.